The molecule has 0 aromatic heterocycles. The Morgan fingerprint density at radius 2 is 2.00 bits per heavy atom. The van der Waals surface area contributed by atoms with E-state index in [1.807, 2.05) is 6.92 Å². The van der Waals surface area contributed by atoms with Gasteiger partial charge in [-0.05, 0) is 53.5 Å². The molecule has 1 amide bonds. The topological polar surface area (TPSA) is 80.5 Å². The predicted octanol–water partition coefficient (Wildman–Crippen LogP) is 2.83. The summed E-state index contributed by atoms with van der Waals surface area (Å²) in [6.45, 7) is 2.81. The summed E-state index contributed by atoms with van der Waals surface area (Å²) in [5, 5.41) is 5.01. The van der Waals surface area contributed by atoms with Crippen LogP contribution in [0, 0.1) is 9.49 Å². The Kier molecular flexibility index (Phi) is 5.50. The van der Waals surface area contributed by atoms with E-state index in [1.54, 1.807) is 0 Å². The lowest BCUT2D eigenvalue weighted by atomic mass is 9.99. The van der Waals surface area contributed by atoms with Crippen molar-refractivity contribution >= 4 is 38.5 Å². The van der Waals surface area contributed by atoms with Gasteiger partial charge in [0.1, 0.15) is 0 Å². The van der Waals surface area contributed by atoms with Gasteiger partial charge < -0.3 is 4.90 Å². The van der Waals surface area contributed by atoms with Crippen LogP contribution in [0.25, 0.3) is 0 Å². The van der Waals surface area contributed by atoms with E-state index < -0.39 is 36.1 Å². The molecule has 1 aromatic rings. The number of hydrogen-bond donors (Lipinski definition) is 1. The van der Waals surface area contributed by atoms with E-state index in [2.05, 4.69) is 0 Å². The second-order valence-electron chi connectivity index (χ2n) is 5.88. The van der Waals surface area contributed by atoms with Crippen molar-refractivity contribution < 1.29 is 26.4 Å². The monoisotopic (exact) mass is 476 g/mol. The van der Waals surface area contributed by atoms with Gasteiger partial charge in [0.05, 0.1) is 10.5 Å². The molecule has 0 spiro atoms. The van der Waals surface area contributed by atoms with Crippen molar-refractivity contribution in [2.45, 2.75) is 30.8 Å². The van der Waals surface area contributed by atoms with Crippen LogP contribution in [0.5, 0.6) is 0 Å². The highest BCUT2D eigenvalue weighted by atomic mass is 127. The minimum Gasteiger partial charge on any atom is -0.338 e. The van der Waals surface area contributed by atoms with Crippen LogP contribution in [0.15, 0.2) is 17.0 Å². The van der Waals surface area contributed by atoms with Gasteiger partial charge >= 0.3 is 6.18 Å². The van der Waals surface area contributed by atoms with Crippen molar-refractivity contribution in [3.8, 4) is 0 Å². The summed E-state index contributed by atoms with van der Waals surface area (Å²) in [7, 11) is -4.39. The van der Waals surface area contributed by atoms with E-state index >= 15 is 0 Å². The molecule has 0 radical (unpaired) electrons. The first-order valence-corrected chi connectivity index (χ1v) is 9.76. The zero-order valence-electron chi connectivity index (χ0n) is 12.7. The lowest BCUT2D eigenvalue weighted by Gasteiger charge is -2.31. The molecule has 2 N–H and O–H groups in total. The Hall–Kier alpha value is -0.880. The fraction of sp³-hybridized carbons (Fsp3) is 0.500. The van der Waals surface area contributed by atoms with Crippen molar-refractivity contribution in [3.05, 3.63) is 26.8 Å². The normalized spacial score (nSPS) is 19.4. The van der Waals surface area contributed by atoms with E-state index in [0.717, 1.165) is 18.9 Å². The Balaban J connectivity index is 2.56. The second kappa shape index (κ2) is 6.79. The van der Waals surface area contributed by atoms with E-state index in [9.17, 15) is 26.4 Å². The molecule has 0 saturated carbocycles. The number of amides is 1. The van der Waals surface area contributed by atoms with Crippen LogP contribution in [0.2, 0.25) is 0 Å². The van der Waals surface area contributed by atoms with Crippen LogP contribution in [0.4, 0.5) is 13.2 Å². The number of likely N-dealkylation sites (tertiary alicyclic amines) is 1. The zero-order valence-corrected chi connectivity index (χ0v) is 15.7. The molecule has 1 saturated heterocycles. The van der Waals surface area contributed by atoms with Gasteiger partial charge in [-0.3, -0.25) is 4.79 Å². The maximum Gasteiger partial charge on any atom is 0.417 e. The molecule has 1 fully saturated rings. The largest absolute Gasteiger partial charge is 0.417 e. The van der Waals surface area contributed by atoms with Gasteiger partial charge in [0.2, 0.25) is 10.0 Å². The molecule has 1 aromatic carbocycles. The summed E-state index contributed by atoms with van der Waals surface area (Å²) < 4.78 is 62.3. The Morgan fingerprint density at radius 1 is 1.38 bits per heavy atom. The minimum atomic E-state index is -4.79. The summed E-state index contributed by atoms with van der Waals surface area (Å²) in [6.07, 6.45) is -3.10. The number of carbonyl (C=O) groups excluding carboxylic acids is 1. The summed E-state index contributed by atoms with van der Waals surface area (Å²) in [6, 6.07) is 1.62. The number of piperidine rings is 1. The zero-order chi connectivity index (χ0) is 18.3. The summed E-state index contributed by atoms with van der Waals surface area (Å²) in [5.41, 5.74) is -1.50. The van der Waals surface area contributed by atoms with Crippen LogP contribution in [-0.2, 0) is 16.2 Å². The molecule has 5 nitrogen and oxygen atoms in total. The highest BCUT2D eigenvalue weighted by molar-refractivity contribution is 14.1. The SMILES string of the molecule is C[C@H]1CCCN(C(=O)c2cc(C(F)(F)F)c(I)c(S(N)(=O)=O)c2)C1. The molecule has 0 unspecified atom stereocenters. The van der Waals surface area contributed by atoms with Gasteiger partial charge in [-0.25, -0.2) is 13.6 Å². The number of primary sulfonamides is 1. The van der Waals surface area contributed by atoms with Gasteiger partial charge in [-0.15, -0.1) is 0 Å². The van der Waals surface area contributed by atoms with Gasteiger partial charge in [-0.1, -0.05) is 6.92 Å². The molecular formula is C14H16F3IN2O3S. The van der Waals surface area contributed by atoms with E-state index in [-0.39, 0.29) is 11.5 Å². The highest BCUT2D eigenvalue weighted by Gasteiger charge is 2.37. The number of benzene rings is 1. The second-order valence-corrected chi connectivity index (χ2v) is 8.49. The number of carbonyl (C=O) groups is 1. The number of halogens is 4. The average Bonchev–Trinajstić information content (AvgIpc) is 2.44. The molecule has 1 aliphatic heterocycles. The average molecular weight is 476 g/mol. The smallest absolute Gasteiger partial charge is 0.338 e. The molecule has 1 aliphatic rings. The van der Waals surface area contributed by atoms with Crippen molar-refractivity contribution in [2.24, 2.45) is 11.1 Å². The molecule has 1 heterocycles. The fourth-order valence-electron chi connectivity index (χ4n) is 2.69. The van der Waals surface area contributed by atoms with Crippen molar-refractivity contribution in [2.75, 3.05) is 13.1 Å². The van der Waals surface area contributed by atoms with Crippen molar-refractivity contribution in [1.82, 2.24) is 4.90 Å². The van der Waals surface area contributed by atoms with Gasteiger partial charge in [0.25, 0.3) is 5.91 Å². The standard InChI is InChI=1S/C14H16F3IN2O3S/c1-8-3-2-4-20(7-8)13(21)9-5-10(14(15,16)17)12(18)11(6-9)24(19,22)23/h5-6,8H,2-4,7H2,1H3,(H2,19,22,23)/t8-/m0/s1. The maximum absolute atomic E-state index is 13.2. The maximum atomic E-state index is 13.2. The predicted molar refractivity (Wildman–Crippen MR) is 89.8 cm³/mol. The number of nitrogens with two attached hydrogens (primary N) is 1. The van der Waals surface area contributed by atoms with Crippen LogP contribution >= 0.6 is 22.6 Å². The molecule has 0 aliphatic carbocycles. The van der Waals surface area contributed by atoms with Gasteiger partial charge in [-0.2, -0.15) is 13.2 Å². The molecule has 2 rings (SSSR count). The lowest BCUT2D eigenvalue weighted by Crippen LogP contribution is -2.39. The van der Waals surface area contributed by atoms with Crippen LogP contribution < -0.4 is 5.14 Å². The molecule has 1 atom stereocenters. The highest BCUT2D eigenvalue weighted by Crippen LogP contribution is 2.36. The number of sulfonamides is 1. The van der Waals surface area contributed by atoms with Crippen molar-refractivity contribution in [3.63, 3.8) is 0 Å². The third kappa shape index (κ3) is 4.20. The summed E-state index contributed by atoms with van der Waals surface area (Å²) >= 11 is 1.29. The van der Waals surface area contributed by atoms with E-state index in [4.69, 9.17) is 5.14 Å². The van der Waals surface area contributed by atoms with E-state index in [1.165, 1.54) is 27.5 Å². The molecule has 10 heteroatoms. The first-order valence-electron chi connectivity index (χ1n) is 7.14. The Morgan fingerprint density at radius 3 is 2.50 bits per heavy atom. The molecule has 134 valence electrons. The third-order valence-corrected chi connectivity index (χ3v) is 6.31. The molecule has 0 bridgehead atoms. The first kappa shape index (κ1) is 19.4. The fourth-order valence-corrected chi connectivity index (χ4v) is 4.88. The number of rotatable bonds is 2. The number of alkyl halides is 3. The molecular weight excluding hydrogens is 460 g/mol. The van der Waals surface area contributed by atoms with Crippen LogP contribution in [0.1, 0.15) is 35.7 Å². The molecule has 24 heavy (non-hydrogen) atoms. The van der Waals surface area contributed by atoms with Crippen molar-refractivity contribution in [1.29, 1.82) is 0 Å². The van der Waals surface area contributed by atoms with Crippen LogP contribution in [0.3, 0.4) is 0 Å². The number of hydrogen-bond acceptors (Lipinski definition) is 3. The first-order chi connectivity index (χ1) is 10.9. The summed E-state index contributed by atoms with van der Waals surface area (Å²) in [4.78, 5) is 13.3. The summed E-state index contributed by atoms with van der Waals surface area (Å²) in [5.74, 6) is -0.375. The van der Waals surface area contributed by atoms with Gasteiger partial charge in [0, 0.05) is 22.2 Å². The van der Waals surface area contributed by atoms with Crippen LogP contribution in [-0.4, -0.2) is 32.3 Å². The minimum absolute atomic E-state index is 0.242. The lowest BCUT2D eigenvalue weighted by molar-refractivity contribution is -0.138. The Labute approximate surface area is 151 Å². The third-order valence-electron chi connectivity index (χ3n) is 3.84. The Bertz CT molecular complexity index is 765. The quantitative estimate of drug-likeness (QED) is 0.667. The van der Waals surface area contributed by atoms with E-state index in [0.29, 0.717) is 19.2 Å². The number of nitrogens with zero attached hydrogens (tertiary/aromatic N) is 1. The van der Waals surface area contributed by atoms with Gasteiger partial charge in [0.15, 0.2) is 0 Å².